The van der Waals surface area contributed by atoms with Crippen molar-refractivity contribution in [2.45, 2.75) is 19.9 Å². The van der Waals surface area contributed by atoms with Gasteiger partial charge < -0.3 is 5.32 Å². The van der Waals surface area contributed by atoms with Gasteiger partial charge in [-0.15, -0.1) is 13.2 Å². The van der Waals surface area contributed by atoms with Gasteiger partial charge in [-0.1, -0.05) is 6.07 Å². The van der Waals surface area contributed by atoms with Crippen LogP contribution in [0.5, 0.6) is 0 Å². The van der Waals surface area contributed by atoms with Crippen LogP contribution in [0.25, 0.3) is 16.8 Å². The monoisotopic (exact) mass is 379 g/mol. The van der Waals surface area contributed by atoms with E-state index in [0.29, 0.717) is 17.8 Å². The number of hydrogen-bond donors (Lipinski definition) is 2. The Morgan fingerprint density at radius 3 is 2.78 bits per heavy atom. The summed E-state index contributed by atoms with van der Waals surface area (Å²) in [5, 5.41) is 5.09. The molecule has 0 unspecified atom stereocenters. The van der Waals surface area contributed by atoms with Gasteiger partial charge in [-0.25, -0.2) is 9.78 Å². The van der Waals surface area contributed by atoms with Gasteiger partial charge in [-0.3, -0.25) is 19.4 Å². The number of nitrogens with one attached hydrogen (secondary N) is 2. The summed E-state index contributed by atoms with van der Waals surface area (Å²) in [5.41, 5.74) is 1.94. The van der Waals surface area contributed by atoms with Crippen LogP contribution < -0.4 is 10.6 Å². The Morgan fingerprint density at radius 1 is 1.30 bits per heavy atom. The van der Waals surface area contributed by atoms with Crippen LogP contribution in [0, 0.1) is 0 Å². The van der Waals surface area contributed by atoms with Crippen molar-refractivity contribution in [2.75, 3.05) is 11.9 Å². The van der Waals surface area contributed by atoms with E-state index in [1.807, 2.05) is 0 Å². The minimum Gasteiger partial charge on any atom is -0.338 e. The molecular formula is C17H16F3N5O2. The zero-order valence-corrected chi connectivity index (χ0v) is 14.2. The number of alkyl halides is 3. The molecule has 0 bridgehead atoms. The predicted octanol–water partition coefficient (Wildman–Crippen LogP) is 3.57. The molecule has 3 aromatic rings. The molecule has 3 heterocycles. The second-order valence-electron chi connectivity index (χ2n) is 5.55. The largest absolute Gasteiger partial charge is 0.522 e. The lowest BCUT2D eigenvalue weighted by Crippen LogP contribution is -2.28. The van der Waals surface area contributed by atoms with Crippen LogP contribution in [0.3, 0.4) is 0 Å². The highest BCUT2D eigenvalue weighted by molar-refractivity contribution is 5.88. The van der Waals surface area contributed by atoms with Gasteiger partial charge in [0.05, 0.1) is 18.5 Å². The van der Waals surface area contributed by atoms with E-state index in [-0.39, 0.29) is 11.5 Å². The van der Waals surface area contributed by atoms with E-state index in [1.54, 1.807) is 43.6 Å². The number of amides is 2. The van der Waals surface area contributed by atoms with Crippen molar-refractivity contribution in [1.29, 1.82) is 0 Å². The number of anilines is 1. The molecule has 27 heavy (non-hydrogen) atoms. The molecule has 0 aromatic carbocycles. The van der Waals surface area contributed by atoms with Gasteiger partial charge in [0.25, 0.3) is 0 Å². The van der Waals surface area contributed by atoms with E-state index < -0.39 is 19.0 Å². The highest BCUT2D eigenvalue weighted by atomic mass is 19.4. The third kappa shape index (κ3) is 4.73. The first-order chi connectivity index (χ1) is 12.9. The number of urea groups is 1. The average Bonchev–Trinajstić information content (AvgIpc) is 3.02. The Kier molecular flexibility index (Phi) is 5.26. The first-order valence-electron chi connectivity index (χ1n) is 8.03. The highest BCUT2D eigenvalue weighted by Gasteiger charge is 2.29. The van der Waals surface area contributed by atoms with Crippen LogP contribution in [0.2, 0.25) is 0 Å². The molecule has 10 heteroatoms. The summed E-state index contributed by atoms with van der Waals surface area (Å²) >= 11 is 0. The van der Waals surface area contributed by atoms with Gasteiger partial charge in [0.2, 0.25) is 0 Å². The Hall–Kier alpha value is -3.14. The van der Waals surface area contributed by atoms with Gasteiger partial charge in [-0.2, -0.15) is 0 Å². The fourth-order valence-electron chi connectivity index (χ4n) is 2.50. The minimum atomic E-state index is -4.76. The van der Waals surface area contributed by atoms with Gasteiger partial charge in [-0.05, 0) is 30.7 Å². The molecule has 0 aliphatic carbocycles. The number of rotatable bonds is 5. The maximum absolute atomic E-state index is 12.5. The fourth-order valence-corrected chi connectivity index (χ4v) is 2.50. The number of nitrogens with zero attached hydrogens (tertiary/aromatic N) is 3. The second-order valence-corrected chi connectivity index (χ2v) is 5.55. The fraction of sp³-hybridized carbons (Fsp3) is 0.235. The number of imidazole rings is 1. The van der Waals surface area contributed by atoms with Crippen molar-refractivity contribution in [3.05, 3.63) is 48.5 Å². The standard InChI is InChI=1S/C17H16F3N5O2/c1-2-22-16(26)24-14-9-25-13(10-27-17(18,19)20)6-12(7-15(25)23-14)11-4-3-5-21-8-11/h3-9H,2,10H2,1H3,(H2,22,24,26). The Labute approximate surface area is 152 Å². The van der Waals surface area contributed by atoms with Crippen molar-refractivity contribution in [2.24, 2.45) is 0 Å². The van der Waals surface area contributed by atoms with E-state index in [4.69, 9.17) is 0 Å². The molecule has 7 nitrogen and oxygen atoms in total. The number of halogens is 3. The number of aromatic nitrogens is 3. The Morgan fingerprint density at radius 2 is 2.11 bits per heavy atom. The Balaban J connectivity index is 2.02. The maximum Gasteiger partial charge on any atom is 0.522 e. The van der Waals surface area contributed by atoms with Crippen LogP contribution in [0.15, 0.2) is 42.9 Å². The molecule has 3 aromatic heterocycles. The first-order valence-corrected chi connectivity index (χ1v) is 8.03. The summed E-state index contributed by atoms with van der Waals surface area (Å²) in [7, 11) is 0. The molecule has 142 valence electrons. The van der Waals surface area contributed by atoms with Crippen molar-refractivity contribution in [3.8, 4) is 11.1 Å². The average molecular weight is 379 g/mol. The molecule has 0 fully saturated rings. The summed E-state index contributed by atoms with van der Waals surface area (Å²) in [5.74, 6) is 0.206. The lowest BCUT2D eigenvalue weighted by atomic mass is 10.1. The van der Waals surface area contributed by atoms with E-state index >= 15 is 0 Å². The summed E-state index contributed by atoms with van der Waals surface area (Å²) < 4.78 is 42.9. The number of hydrogen-bond acceptors (Lipinski definition) is 4. The molecule has 0 radical (unpaired) electrons. The maximum atomic E-state index is 12.5. The van der Waals surface area contributed by atoms with Gasteiger partial charge in [0.15, 0.2) is 5.82 Å². The van der Waals surface area contributed by atoms with Crippen molar-refractivity contribution in [3.63, 3.8) is 0 Å². The number of carbonyl (C=O) groups is 1. The molecule has 3 rings (SSSR count). The van der Waals surface area contributed by atoms with Crippen molar-refractivity contribution in [1.82, 2.24) is 19.7 Å². The lowest BCUT2D eigenvalue weighted by Gasteiger charge is -2.11. The van der Waals surface area contributed by atoms with Gasteiger partial charge >= 0.3 is 12.4 Å². The molecule has 0 saturated heterocycles. The van der Waals surface area contributed by atoms with E-state index in [2.05, 4.69) is 25.3 Å². The van der Waals surface area contributed by atoms with Crippen molar-refractivity contribution < 1.29 is 22.7 Å². The quantitative estimate of drug-likeness (QED) is 0.710. The second kappa shape index (κ2) is 7.62. The summed E-state index contributed by atoms with van der Waals surface area (Å²) in [6.45, 7) is 1.48. The minimum absolute atomic E-state index is 0.206. The SMILES string of the molecule is CCNC(=O)Nc1cn2c(COC(F)(F)F)cc(-c3cccnc3)cc2n1. The van der Waals surface area contributed by atoms with Gasteiger partial charge in [0.1, 0.15) is 5.65 Å². The highest BCUT2D eigenvalue weighted by Crippen LogP contribution is 2.26. The smallest absolute Gasteiger partial charge is 0.338 e. The number of pyridine rings is 2. The van der Waals surface area contributed by atoms with E-state index in [0.717, 1.165) is 5.56 Å². The zero-order valence-electron chi connectivity index (χ0n) is 14.2. The normalized spacial score (nSPS) is 11.6. The topological polar surface area (TPSA) is 80.6 Å². The lowest BCUT2D eigenvalue weighted by molar-refractivity contribution is -0.330. The number of fused-ring (bicyclic) bond motifs is 1. The molecule has 0 aliphatic heterocycles. The number of carbonyl (C=O) groups excluding carboxylic acids is 1. The van der Waals surface area contributed by atoms with Crippen LogP contribution >= 0.6 is 0 Å². The number of ether oxygens (including phenoxy) is 1. The summed E-state index contributed by atoms with van der Waals surface area (Å²) in [4.78, 5) is 19.9. The van der Waals surface area contributed by atoms with E-state index in [9.17, 15) is 18.0 Å². The van der Waals surface area contributed by atoms with Crippen molar-refractivity contribution >= 4 is 17.5 Å². The molecular weight excluding hydrogens is 363 g/mol. The molecule has 0 atom stereocenters. The first kappa shape index (κ1) is 18.6. The van der Waals surface area contributed by atoms with E-state index in [1.165, 1.54) is 10.6 Å². The molecule has 0 spiro atoms. The van der Waals surface area contributed by atoms with Gasteiger partial charge in [0, 0.05) is 24.5 Å². The zero-order chi connectivity index (χ0) is 19.4. The molecule has 0 aliphatic rings. The van der Waals surface area contributed by atoms with Crippen LogP contribution in [0.4, 0.5) is 23.8 Å². The van der Waals surface area contributed by atoms with Crippen LogP contribution in [-0.2, 0) is 11.3 Å². The summed E-state index contributed by atoms with van der Waals surface area (Å²) in [6, 6.07) is 6.30. The predicted molar refractivity (Wildman–Crippen MR) is 92.0 cm³/mol. The third-order valence-corrected chi connectivity index (χ3v) is 3.61. The third-order valence-electron chi connectivity index (χ3n) is 3.61. The molecule has 0 saturated carbocycles. The summed E-state index contributed by atoms with van der Waals surface area (Å²) in [6.07, 6.45) is -0.136. The molecule has 2 amide bonds. The Bertz CT molecular complexity index is 941. The van der Waals surface area contributed by atoms with Crippen LogP contribution in [-0.4, -0.2) is 33.3 Å². The molecule has 2 N–H and O–H groups in total. The van der Waals surface area contributed by atoms with Crippen LogP contribution in [0.1, 0.15) is 12.6 Å².